The van der Waals surface area contributed by atoms with Crippen LogP contribution in [0, 0.1) is 0 Å². The number of thioether (sulfide) groups is 1. The normalized spacial score (nSPS) is 18.8. The summed E-state index contributed by atoms with van der Waals surface area (Å²) in [6.45, 7) is 0.974. The number of amides is 1. The number of carbonyl (C=O) groups is 1. The standard InChI is InChI=1S/C12H16N2O2S.ClH/c15-11-3-1-9(2-4-11)14-12(16)7-10-8-17-6-5-13-10;/h1-4,10,13,15H,5-8H2,(H,14,16);1H. The fourth-order valence-corrected chi connectivity index (χ4v) is 2.68. The van der Waals surface area contributed by atoms with Crippen molar-refractivity contribution in [2.24, 2.45) is 0 Å². The summed E-state index contributed by atoms with van der Waals surface area (Å²) in [5, 5.41) is 15.3. The molecule has 1 aliphatic heterocycles. The molecule has 100 valence electrons. The average molecular weight is 289 g/mol. The molecule has 18 heavy (non-hydrogen) atoms. The van der Waals surface area contributed by atoms with Crippen LogP contribution in [0.15, 0.2) is 24.3 Å². The lowest BCUT2D eigenvalue weighted by Gasteiger charge is -2.22. The number of benzene rings is 1. The summed E-state index contributed by atoms with van der Waals surface area (Å²) in [6.07, 6.45) is 0.494. The predicted octanol–water partition coefficient (Wildman–Crippen LogP) is 1.85. The molecule has 1 fully saturated rings. The van der Waals surface area contributed by atoms with Gasteiger partial charge in [-0.1, -0.05) is 0 Å². The van der Waals surface area contributed by atoms with Gasteiger partial charge < -0.3 is 15.7 Å². The number of halogens is 1. The van der Waals surface area contributed by atoms with Gasteiger partial charge in [0.2, 0.25) is 5.91 Å². The van der Waals surface area contributed by atoms with Gasteiger partial charge in [-0.25, -0.2) is 0 Å². The molecule has 0 aromatic heterocycles. The van der Waals surface area contributed by atoms with Crippen LogP contribution in [0.4, 0.5) is 5.69 Å². The quantitative estimate of drug-likeness (QED) is 0.743. The molecule has 0 aliphatic carbocycles. The molecule has 4 nitrogen and oxygen atoms in total. The Hall–Kier alpha value is -0.910. The van der Waals surface area contributed by atoms with E-state index in [1.165, 1.54) is 0 Å². The van der Waals surface area contributed by atoms with Gasteiger partial charge in [-0.15, -0.1) is 12.4 Å². The Morgan fingerprint density at radius 3 is 2.78 bits per heavy atom. The van der Waals surface area contributed by atoms with Crippen LogP contribution in [0.1, 0.15) is 6.42 Å². The zero-order valence-corrected chi connectivity index (χ0v) is 11.5. The molecule has 1 unspecified atom stereocenters. The zero-order chi connectivity index (χ0) is 12.1. The minimum Gasteiger partial charge on any atom is -0.508 e. The van der Waals surface area contributed by atoms with Gasteiger partial charge in [-0.2, -0.15) is 11.8 Å². The summed E-state index contributed by atoms with van der Waals surface area (Å²) in [5.41, 5.74) is 0.719. The third-order valence-electron chi connectivity index (χ3n) is 2.58. The van der Waals surface area contributed by atoms with Gasteiger partial charge in [0, 0.05) is 36.2 Å². The van der Waals surface area contributed by atoms with E-state index < -0.39 is 0 Å². The molecular weight excluding hydrogens is 272 g/mol. The molecule has 1 aliphatic rings. The molecule has 1 heterocycles. The number of phenols is 1. The van der Waals surface area contributed by atoms with Crippen molar-refractivity contribution in [3.63, 3.8) is 0 Å². The Bertz CT molecular complexity index is 380. The third kappa shape index (κ3) is 4.76. The van der Waals surface area contributed by atoms with Crippen LogP contribution in [-0.4, -0.2) is 35.1 Å². The molecule has 0 bridgehead atoms. The van der Waals surface area contributed by atoms with E-state index in [1.807, 2.05) is 11.8 Å². The van der Waals surface area contributed by atoms with E-state index in [1.54, 1.807) is 24.3 Å². The second-order valence-electron chi connectivity index (χ2n) is 4.03. The van der Waals surface area contributed by atoms with Crippen molar-refractivity contribution in [3.05, 3.63) is 24.3 Å². The predicted molar refractivity (Wildman–Crippen MR) is 77.7 cm³/mol. The Kier molecular flexibility index (Phi) is 6.32. The highest BCUT2D eigenvalue weighted by Crippen LogP contribution is 2.15. The van der Waals surface area contributed by atoms with Gasteiger partial charge >= 0.3 is 0 Å². The summed E-state index contributed by atoms with van der Waals surface area (Å²) in [6, 6.07) is 6.77. The van der Waals surface area contributed by atoms with Crippen molar-refractivity contribution < 1.29 is 9.90 Å². The number of aromatic hydroxyl groups is 1. The number of hydrogen-bond acceptors (Lipinski definition) is 4. The molecular formula is C12H17ClN2O2S. The molecule has 0 spiro atoms. The first kappa shape index (κ1) is 15.1. The zero-order valence-electron chi connectivity index (χ0n) is 9.89. The highest BCUT2D eigenvalue weighted by atomic mass is 35.5. The molecule has 1 amide bonds. The van der Waals surface area contributed by atoms with E-state index in [-0.39, 0.29) is 30.1 Å². The number of phenolic OH excluding ortho intramolecular Hbond substituents is 1. The highest BCUT2D eigenvalue weighted by molar-refractivity contribution is 7.99. The number of nitrogens with one attached hydrogen (secondary N) is 2. The van der Waals surface area contributed by atoms with E-state index in [0.717, 1.165) is 23.7 Å². The van der Waals surface area contributed by atoms with E-state index in [2.05, 4.69) is 10.6 Å². The Labute approximate surface area is 117 Å². The smallest absolute Gasteiger partial charge is 0.225 e. The SMILES string of the molecule is Cl.O=C(CC1CSCCN1)Nc1ccc(O)cc1. The van der Waals surface area contributed by atoms with Crippen molar-refractivity contribution in [1.29, 1.82) is 0 Å². The lowest BCUT2D eigenvalue weighted by Crippen LogP contribution is -2.39. The highest BCUT2D eigenvalue weighted by Gasteiger charge is 2.16. The topological polar surface area (TPSA) is 61.4 Å². The number of anilines is 1. The summed E-state index contributed by atoms with van der Waals surface area (Å²) in [5.74, 6) is 2.32. The first-order chi connectivity index (χ1) is 8.24. The largest absolute Gasteiger partial charge is 0.508 e. The van der Waals surface area contributed by atoms with Crippen LogP contribution < -0.4 is 10.6 Å². The minimum absolute atomic E-state index is 0. The lowest BCUT2D eigenvalue weighted by molar-refractivity contribution is -0.116. The second-order valence-corrected chi connectivity index (χ2v) is 5.17. The third-order valence-corrected chi connectivity index (χ3v) is 3.71. The van der Waals surface area contributed by atoms with E-state index >= 15 is 0 Å². The Morgan fingerprint density at radius 1 is 1.44 bits per heavy atom. The van der Waals surface area contributed by atoms with E-state index in [0.29, 0.717) is 6.42 Å². The molecule has 1 saturated heterocycles. The van der Waals surface area contributed by atoms with Crippen LogP contribution in [0.2, 0.25) is 0 Å². The molecule has 0 radical (unpaired) electrons. The van der Waals surface area contributed by atoms with Gasteiger partial charge in [-0.05, 0) is 24.3 Å². The molecule has 0 saturated carbocycles. The van der Waals surface area contributed by atoms with Crippen LogP contribution in [0.5, 0.6) is 5.75 Å². The van der Waals surface area contributed by atoms with Crippen LogP contribution in [0.25, 0.3) is 0 Å². The molecule has 1 atom stereocenters. The number of carbonyl (C=O) groups excluding carboxylic acids is 1. The second kappa shape index (κ2) is 7.51. The maximum Gasteiger partial charge on any atom is 0.225 e. The first-order valence-corrected chi connectivity index (χ1v) is 6.79. The van der Waals surface area contributed by atoms with Crippen molar-refractivity contribution >= 4 is 35.8 Å². The van der Waals surface area contributed by atoms with Crippen molar-refractivity contribution in [1.82, 2.24) is 5.32 Å². The molecule has 6 heteroatoms. The monoisotopic (exact) mass is 288 g/mol. The molecule has 3 N–H and O–H groups in total. The van der Waals surface area contributed by atoms with Gasteiger partial charge in [-0.3, -0.25) is 4.79 Å². The van der Waals surface area contributed by atoms with Gasteiger partial charge in [0.15, 0.2) is 0 Å². The number of rotatable bonds is 3. The Balaban J connectivity index is 0.00000162. The summed E-state index contributed by atoms with van der Waals surface area (Å²) < 4.78 is 0. The van der Waals surface area contributed by atoms with E-state index in [9.17, 15) is 4.79 Å². The van der Waals surface area contributed by atoms with Gasteiger partial charge in [0.1, 0.15) is 5.75 Å². The summed E-state index contributed by atoms with van der Waals surface area (Å²) >= 11 is 1.88. The average Bonchev–Trinajstić information content (AvgIpc) is 2.33. The lowest BCUT2D eigenvalue weighted by atomic mass is 10.2. The van der Waals surface area contributed by atoms with Crippen LogP contribution >= 0.6 is 24.2 Å². The first-order valence-electron chi connectivity index (χ1n) is 5.64. The minimum atomic E-state index is 0. The van der Waals surface area contributed by atoms with Crippen molar-refractivity contribution in [2.45, 2.75) is 12.5 Å². The van der Waals surface area contributed by atoms with Crippen LogP contribution in [-0.2, 0) is 4.79 Å². The van der Waals surface area contributed by atoms with Gasteiger partial charge in [0.05, 0.1) is 0 Å². The Morgan fingerprint density at radius 2 is 2.17 bits per heavy atom. The van der Waals surface area contributed by atoms with Gasteiger partial charge in [0.25, 0.3) is 0 Å². The fourth-order valence-electron chi connectivity index (χ4n) is 1.73. The van der Waals surface area contributed by atoms with Crippen molar-refractivity contribution in [2.75, 3.05) is 23.4 Å². The maximum atomic E-state index is 11.7. The molecule has 1 aromatic rings. The van der Waals surface area contributed by atoms with E-state index in [4.69, 9.17) is 5.11 Å². The number of hydrogen-bond donors (Lipinski definition) is 3. The molecule has 2 rings (SSSR count). The van der Waals surface area contributed by atoms with Crippen LogP contribution in [0.3, 0.4) is 0 Å². The summed E-state index contributed by atoms with van der Waals surface area (Å²) in [4.78, 5) is 11.7. The molecule has 1 aromatic carbocycles. The summed E-state index contributed by atoms with van der Waals surface area (Å²) in [7, 11) is 0. The maximum absolute atomic E-state index is 11.7. The van der Waals surface area contributed by atoms with Crippen molar-refractivity contribution in [3.8, 4) is 5.75 Å². The fraction of sp³-hybridized carbons (Fsp3) is 0.417.